The Kier molecular flexibility index (Phi) is 9.39. The normalized spacial score (nSPS) is 15.1. The molecule has 178 valence electrons. The maximum Gasteiger partial charge on any atom is 0.335 e. The minimum atomic E-state index is -0.609. The standard InChI is InChI=1S/C26H31F2NO4/c1-3-31-25(26(30)32-4-2)17-19-5-8-22(9-6-19)33-16-15-29-13-11-20(12-14-29)23-10-7-21(27)18-24(23)28/h5-11,18,25H,3-4,12-17H2,1-2H3. The van der Waals surface area contributed by atoms with Crippen LogP contribution in [0.3, 0.4) is 0 Å². The van der Waals surface area contributed by atoms with Crippen molar-refractivity contribution in [3.8, 4) is 5.75 Å². The number of benzene rings is 2. The van der Waals surface area contributed by atoms with Gasteiger partial charge in [-0.25, -0.2) is 13.6 Å². The molecule has 1 atom stereocenters. The summed E-state index contributed by atoms with van der Waals surface area (Å²) in [4.78, 5) is 14.2. The van der Waals surface area contributed by atoms with E-state index in [9.17, 15) is 13.6 Å². The zero-order valence-electron chi connectivity index (χ0n) is 19.2. The van der Waals surface area contributed by atoms with E-state index >= 15 is 0 Å². The third-order valence-electron chi connectivity index (χ3n) is 5.51. The highest BCUT2D eigenvalue weighted by Gasteiger charge is 2.20. The average molecular weight is 460 g/mol. The van der Waals surface area contributed by atoms with Crippen molar-refractivity contribution in [2.24, 2.45) is 0 Å². The summed E-state index contributed by atoms with van der Waals surface area (Å²) >= 11 is 0. The molecule has 0 radical (unpaired) electrons. The van der Waals surface area contributed by atoms with E-state index in [-0.39, 0.29) is 5.97 Å². The highest BCUT2D eigenvalue weighted by molar-refractivity contribution is 5.75. The van der Waals surface area contributed by atoms with E-state index in [1.807, 2.05) is 37.3 Å². The number of ether oxygens (including phenoxy) is 3. The number of halogens is 2. The van der Waals surface area contributed by atoms with Crippen LogP contribution in [0.5, 0.6) is 5.75 Å². The van der Waals surface area contributed by atoms with Crippen LogP contribution in [0.2, 0.25) is 0 Å². The molecule has 0 aromatic heterocycles. The molecule has 0 saturated carbocycles. The van der Waals surface area contributed by atoms with Gasteiger partial charge in [-0.05, 0) is 55.7 Å². The van der Waals surface area contributed by atoms with Crippen molar-refractivity contribution < 1.29 is 27.8 Å². The topological polar surface area (TPSA) is 48.0 Å². The molecule has 2 aromatic rings. The number of carbonyl (C=O) groups excluding carboxylic acids is 1. The van der Waals surface area contributed by atoms with E-state index in [0.717, 1.165) is 36.0 Å². The predicted molar refractivity (Wildman–Crippen MR) is 123 cm³/mol. The summed E-state index contributed by atoms with van der Waals surface area (Å²) in [5.41, 5.74) is 2.35. The van der Waals surface area contributed by atoms with Crippen molar-refractivity contribution in [2.75, 3.05) is 39.5 Å². The first kappa shape index (κ1) is 24.9. The fourth-order valence-corrected chi connectivity index (χ4v) is 3.78. The lowest BCUT2D eigenvalue weighted by Gasteiger charge is -2.26. The van der Waals surface area contributed by atoms with Gasteiger partial charge < -0.3 is 14.2 Å². The van der Waals surface area contributed by atoms with Gasteiger partial charge in [0.15, 0.2) is 6.10 Å². The SMILES string of the molecule is CCOC(=O)C(Cc1ccc(OCCN2CC=C(c3ccc(F)cc3F)CC2)cc1)OCC. The molecule has 0 amide bonds. The second-order valence-electron chi connectivity index (χ2n) is 7.80. The van der Waals surface area contributed by atoms with Crippen LogP contribution in [-0.2, 0) is 20.7 Å². The van der Waals surface area contributed by atoms with Crippen LogP contribution < -0.4 is 4.74 Å². The third-order valence-corrected chi connectivity index (χ3v) is 5.51. The molecule has 0 saturated heterocycles. The fourth-order valence-electron chi connectivity index (χ4n) is 3.78. The first-order valence-electron chi connectivity index (χ1n) is 11.4. The van der Waals surface area contributed by atoms with Gasteiger partial charge >= 0.3 is 5.97 Å². The molecule has 0 aliphatic carbocycles. The zero-order valence-corrected chi connectivity index (χ0v) is 19.2. The number of hydrogen-bond acceptors (Lipinski definition) is 5. The summed E-state index contributed by atoms with van der Waals surface area (Å²) in [6.07, 6.45) is 2.54. The second kappa shape index (κ2) is 12.5. The highest BCUT2D eigenvalue weighted by Crippen LogP contribution is 2.25. The summed E-state index contributed by atoms with van der Waals surface area (Å²) in [5, 5.41) is 0. The van der Waals surface area contributed by atoms with Crippen LogP contribution in [0.15, 0.2) is 48.5 Å². The Morgan fingerprint density at radius 3 is 2.52 bits per heavy atom. The Morgan fingerprint density at radius 2 is 1.88 bits per heavy atom. The Balaban J connectivity index is 1.44. The van der Waals surface area contributed by atoms with Crippen LogP contribution in [0, 0.1) is 11.6 Å². The summed E-state index contributed by atoms with van der Waals surface area (Å²) in [6, 6.07) is 11.3. The second-order valence-corrected chi connectivity index (χ2v) is 7.80. The van der Waals surface area contributed by atoms with Crippen molar-refractivity contribution >= 4 is 11.5 Å². The van der Waals surface area contributed by atoms with Gasteiger partial charge in [0, 0.05) is 44.3 Å². The maximum atomic E-state index is 14.0. The lowest BCUT2D eigenvalue weighted by molar-refractivity contribution is -0.156. The monoisotopic (exact) mass is 459 g/mol. The van der Waals surface area contributed by atoms with Gasteiger partial charge in [0.25, 0.3) is 0 Å². The molecule has 2 aromatic carbocycles. The molecule has 3 rings (SSSR count). The van der Waals surface area contributed by atoms with Gasteiger partial charge in [0.2, 0.25) is 0 Å². The van der Waals surface area contributed by atoms with Gasteiger partial charge in [0.05, 0.1) is 6.61 Å². The highest BCUT2D eigenvalue weighted by atomic mass is 19.1. The third kappa shape index (κ3) is 7.37. The Morgan fingerprint density at radius 1 is 1.09 bits per heavy atom. The van der Waals surface area contributed by atoms with E-state index in [1.165, 1.54) is 12.1 Å². The smallest absolute Gasteiger partial charge is 0.335 e. The van der Waals surface area contributed by atoms with Gasteiger partial charge in [-0.1, -0.05) is 18.2 Å². The van der Waals surface area contributed by atoms with Gasteiger partial charge in [-0.2, -0.15) is 0 Å². The van der Waals surface area contributed by atoms with Crippen LogP contribution in [0.1, 0.15) is 31.4 Å². The molecule has 0 bridgehead atoms. The molecule has 0 N–H and O–H groups in total. The van der Waals surface area contributed by atoms with Gasteiger partial charge in [-0.15, -0.1) is 0 Å². The van der Waals surface area contributed by atoms with E-state index < -0.39 is 17.7 Å². The summed E-state index contributed by atoms with van der Waals surface area (Å²) in [7, 11) is 0. The molecular formula is C26H31F2NO4. The molecule has 1 aliphatic heterocycles. The fraction of sp³-hybridized carbons (Fsp3) is 0.423. The largest absolute Gasteiger partial charge is 0.492 e. The Hall–Kier alpha value is -2.77. The Labute approximate surface area is 193 Å². The average Bonchev–Trinajstić information content (AvgIpc) is 2.81. The van der Waals surface area contributed by atoms with E-state index in [2.05, 4.69) is 4.90 Å². The van der Waals surface area contributed by atoms with Crippen LogP contribution in [0.4, 0.5) is 8.78 Å². The van der Waals surface area contributed by atoms with Crippen molar-refractivity contribution in [2.45, 2.75) is 32.8 Å². The van der Waals surface area contributed by atoms with Gasteiger partial charge in [0.1, 0.15) is 24.0 Å². The first-order chi connectivity index (χ1) is 16.0. The lowest BCUT2D eigenvalue weighted by Crippen LogP contribution is -2.32. The summed E-state index contributed by atoms with van der Waals surface area (Å²) in [5.74, 6) is -0.672. The van der Waals surface area contributed by atoms with Crippen molar-refractivity contribution in [3.63, 3.8) is 0 Å². The minimum Gasteiger partial charge on any atom is -0.492 e. The van der Waals surface area contributed by atoms with Crippen molar-refractivity contribution in [1.82, 2.24) is 4.90 Å². The number of rotatable bonds is 11. The molecule has 1 aliphatic rings. The van der Waals surface area contributed by atoms with Crippen LogP contribution in [-0.4, -0.2) is 56.4 Å². The molecule has 0 spiro atoms. The molecule has 7 heteroatoms. The van der Waals surface area contributed by atoms with Crippen molar-refractivity contribution in [3.05, 3.63) is 71.3 Å². The summed E-state index contributed by atoms with van der Waals surface area (Å²) in [6.45, 7) is 7.15. The van der Waals surface area contributed by atoms with E-state index in [1.54, 1.807) is 6.92 Å². The molecule has 5 nitrogen and oxygen atoms in total. The number of esters is 1. The molecule has 0 fully saturated rings. The van der Waals surface area contributed by atoms with Crippen LogP contribution >= 0.6 is 0 Å². The lowest BCUT2D eigenvalue weighted by atomic mass is 9.99. The molecule has 1 heterocycles. The van der Waals surface area contributed by atoms with Crippen molar-refractivity contribution in [1.29, 1.82) is 0 Å². The van der Waals surface area contributed by atoms with Gasteiger partial charge in [-0.3, -0.25) is 4.90 Å². The number of carbonyl (C=O) groups is 1. The molecule has 1 unspecified atom stereocenters. The predicted octanol–water partition coefficient (Wildman–Crippen LogP) is 4.64. The summed E-state index contributed by atoms with van der Waals surface area (Å²) < 4.78 is 43.6. The van der Waals surface area contributed by atoms with Crippen LogP contribution in [0.25, 0.3) is 5.57 Å². The quantitative estimate of drug-likeness (QED) is 0.458. The molecule has 33 heavy (non-hydrogen) atoms. The maximum absolute atomic E-state index is 14.0. The Bertz CT molecular complexity index is 946. The first-order valence-corrected chi connectivity index (χ1v) is 11.4. The van der Waals surface area contributed by atoms with E-state index in [0.29, 0.717) is 44.8 Å². The number of nitrogens with zero attached hydrogens (tertiary/aromatic N) is 1. The zero-order chi connectivity index (χ0) is 23.6. The van der Waals surface area contributed by atoms with E-state index in [4.69, 9.17) is 14.2 Å². The number of hydrogen-bond donors (Lipinski definition) is 0. The molecular weight excluding hydrogens is 428 g/mol. The minimum absolute atomic E-state index is 0.326.